The van der Waals surface area contributed by atoms with Gasteiger partial charge in [0.15, 0.2) is 6.29 Å². The second kappa shape index (κ2) is 1.93. The highest BCUT2D eigenvalue weighted by molar-refractivity contribution is 7.87. The van der Waals surface area contributed by atoms with Crippen molar-refractivity contribution in [3.8, 4) is 0 Å². The monoisotopic (exact) mass is 164 g/mol. The maximum Gasteiger partial charge on any atom is 0.273 e. The van der Waals surface area contributed by atoms with Gasteiger partial charge in [0, 0.05) is 6.42 Å². The zero-order valence-corrected chi connectivity index (χ0v) is 6.13. The normalized spacial score (nSPS) is 43.6. The van der Waals surface area contributed by atoms with Crippen molar-refractivity contribution in [2.45, 2.75) is 24.4 Å². The second-order valence-electron chi connectivity index (χ2n) is 2.54. The van der Waals surface area contributed by atoms with Crippen LogP contribution >= 0.6 is 0 Å². The molecule has 2 heterocycles. The zero-order chi connectivity index (χ0) is 7.19. The number of ether oxygens (including phenoxy) is 1. The summed E-state index contributed by atoms with van der Waals surface area (Å²) in [5, 5.41) is -0.300. The lowest BCUT2D eigenvalue weighted by molar-refractivity contribution is -0.0793. The van der Waals surface area contributed by atoms with Crippen LogP contribution in [0.2, 0.25) is 0 Å². The van der Waals surface area contributed by atoms with Gasteiger partial charge in [0.2, 0.25) is 0 Å². The van der Waals surface area contributed by atoms with Gasteiger partial charge in [-0.15, -0.1) is 0 Å². The minimum Gasteiger partial charge on any atom is -0.351 e. The third-order valence-corrected chi connectivity index (χ3v) is 3.58. The molecule has 0 aromatic heterocycles. The lowest BCUT2D eigenvalue weighted by Crippen LogP contribution is -2.21. The van der Waals surface area contributed by atoms with E-state index >= 15 is 0 Å². The standard InChI is InChI=1S/C5H8O4S/c6-10(7)4-1-2-8-5(3-4)9-10/h4-5H,1-3H2. The highest BCUT2D eigenvalue weighted by Gasteiger charge is 2.42. The molecule has 2 rings (SSSR count). The Morgan fingerprint density at radius 2 is 2.20 bits per heavy atom. The first-order valence-electron chi connectivity index (χ1n) is 3.22. The first kappa shape index (κ1) is 6.57. The first-order valence-corrected chi connectivity index (χ1v) is 4.69. The number of hydrogen-bond donors (Lipinski definition) is 0. The van der Waals surface area contributed by atoms with Crippen LogP contribution in [0.15, 0.2) is 0 Å². The quantitative estimate of drug-likeness (QED) is 0.467. The molecule has 0 amide bonds. The fraction of sp³-hybridized carbons (Fsp3) is 1.00. The molecule has 2 aliphatic rings. The van der Waals surface area contributed by atoms with Crippen molar-refractivity contribution in [3.63, 3.8) is 0 Å². The number of rotatable bonds is 0. The molecule has 0 aromatic carbocycles. The molecule has 0 N–H and O–H groups in total. The van der Waals surface area contributed by atoms with Crippen molar-refractivity contribution in [2.24, 2.45) is 0 Å². The Morgan fingerprint density at radius 3 is 2.80 bits per heavy atom. The van der Waals surface area contributed by atoms with Crippen molar-refractivity contribution in [1.29, 1.82) is 0 Å². The van der Waals surface area contributed by atoms with E-state index in [0.29, 0.717) is 19.4 Å². The fourth-order valence-electron chi connectivity index (χ4n) is 1.29. The van der Waals surface area contributed by atoms with Gasteiger partial charge in [-0.05, 0) is 6.42 Å². The van der Waals surface area contributed by atoms with Gasteiger partial charge >= 0.3 is 0 Å². The highest BCUT2D eigenvalue weighted by atomic mass is 32.2. The molecule has 0 radical (unpaired) electrons. The first-order chi connectivity index (χ1) is 4.68. The second-order valence-corrected chi connectivity index (χ2v) is 4.38. The summed E-state index contributed by atoms with van der Waals surface area (Å²) in [6, 6.07) is 0. The third-order valence-electron chi connectivity index (χ3n) is 1.85. The van der Waals surface area contributed by atoms with Gasteiger partial charge in [-0.1, -0.05) is 0 Å². The van der Waals surface area contributed by atoms with E-state index in [1.54, 1.807) is 0 Å². The third kappa shape index (κ3) is 0.853. The Hall–Kier alpha value is -0.130. The summed E-state index contributed by atoms with van der Waals surface area (Å²) in [6.45, 7) is 0.508. The molecule has 2 aliphatic heterocycles. The summed E-state index contributed by atoms with van der Waals surface area (Å²) in [4.78, 5) is 0. The Morgan fingerprint density at radius 1 is 1.40 bits per heavy atom. The smallest absolute Gasteiger partial charge is 0.273 e. The molecule has 0 saturated carbocycles. The van der Waals surface area contributed by atoms with Gasteiger partial charge in [-0.25, -0.2) is 4.18 Å². The predicted molar refractivity (Wildman–Crippen MR) is 32.8 cm³/mol. The van der Waals surface area contributed by atoms with E-state index < -0.39 is 16.4 Å². The maximum atomic E-state index is 10.9. The molecule has 0 spiro atoms. The van der Waals surface area contributed by atoms with Crippen molar-refractivity contribution < 1.29 is 17.3 Å². The molecule has 2 unspecified atom stereocenters. The summed E-state index contributed by atoms with van der Waals surface area (Å²) in [6.07, 6.45) is 0.616. The average Bonchev–Trinajstić information content (AvgIpc) is 2.04. The summed E-state index contributed by atoms with van der Waals surface area (Å²) >= 11 is 0. The molecule has 2 fully saturated rings. The van der Waals surface area contributed by atoms with Crippen LogP contribution in [0.3, 0.4) is 0 Å². The van der Waals surface area contributed by atoms with Crippen LogP contribution in [-0.4, -0.2) is 26.6 Å². The summed E-state index contributed by atoms with van der Waals surface area (Å²) < 4.78 is 31.5. The van der Waals surface area contributed by atoms with Crippen molar-refractivity contribution in [2.75, 3.05) is 6.61 Å². The molecular weight excluding hydrogens is 156 g/mol. The molecule has 2 atom stereocenters. The average molecular weight is 164 g/mol. The Kier molecular flexibility index (Phi) is 1.27. The Balaban J connectivity index is 2.32. The summed E-state index contributed by atoms with van der Waals surface area (Å²) in [5.41, 5.74) is 0. The van der Waals surface area contributed by atoms with Gasteiger partial charge in [-0.2, -0.15) is 8.42 Å². The van der Waals surface area contributed by atoms with E-state index in [4.69, 9.17) is 4.74 Å². The van der Waals surface area contributed by atoms with E-state index in [1.807, 2.05) is 0 Å². The summed E-state index contributed by atoms with van der Waals surface area (Å²) in [7, 11) is -3.25. The van der Waals surface area contributed by atoms with Gasteiger partial charge < -0.3 is 4.74 Å². The lowest BCUT2D eigenvalue weighted by Gasteiger charge is -2.13. The number of hydrogen-bond acceptors (Lipinski definition) is 4. The van der Waals surface area contributed by atoms with Crippen LogP contribution in [-0.2, 0) is 19.0 Å². The van der Waals surface area contributed by atoms with Gasteiger partial charge in [-0.3, -0.25) is 0 Å². The van der Waals surface area contributed by atoms with Gasteiger partial charge in [0.25, 0.3) is 10.1 Å². The SMILES string of the molecule is O=S1(=O)OC2CC1CCO2. The minimum absolute atomic E-state index is 0.300. The minimum atomic E-state index is -3.25. The Bertz CT molecular complexity index is 232. The molecular formula is C5H8O4S. The number of fused-ring (bicyclic) bond motifs is 2. The lowest BCUT2D eigenvalue weighted by atomic mass is 10.2. The molecule has 5 heteroatoms. The zero-order valence-electron chi connectivity index (χ0n) is 5.32. The Labute approximate surface area is 59.2 Å². The summed E-state index contributed by atoms with van der Waals surface area (Å²) in [5.74, 6) is 0. The van der Waals surface area contributed by atoms with E-state index in [1.165, 1.54) is 0 Å². The maximum absolute atomic E-state index is 10.9. The van der Waals surface area contributed by atoms with E-state index in [0.717, 1.165) is 0 Å². The van der Waals surface area contributed by atoms with Crippen LogP contribution in [0.25, 0.3) is 0 Å². The van der Waals surface area contributed by atoms with Gasteiger partial charge in [0.1, 0.15) is 0 Å². The highest BCUT2D eigenvalue weighted by Crippen LogP contribution is 2.30. The van der Waals surface area contributed by atoms with Crippen LogP contribution < -0.4 is 0 Å². The molecule has 2 saturated heterocycles. The van der Waals surface area contributed by atoms with Crippen LogP contribution in [0, 0.1) is 0 Å². The van der Waals surface area contributed by atoms with E-state index in [2.05, 4.69) is 4.18 Å². The molecule has 58 valence electrons. The van der Waals surface area contributed by atoms with E-state index in [-0.39, 0.29) is 5.25 Å². The van der Waals surface area contributed by atoms with Crippen molar-refractivity contribution in [3.05, 3.63) is 0 Å². The largest absolute Gasteiger partial charge is 0.351 e. The van der Waals surface area contributed by atoms with Crippen LogP contribution in [0.4, 0.5) is 0 Å². The molecule has 0 aromatic rings. The van der Waals surface area contributed by atoms with E-state index in [9.17, 15) is 8.42 Å². The predicted octanol–water partition coefficient (Wildman–Crippen LogP) is -0.148. The topological polar surface area (TPSA) is 52.6 Å². The molecule has 2 bridgehead atoms. The van der Waals surface area contributed by atoms with Crippen molar-refractivity contribution in [1.82, 2.24) is 0 Å². The van der Waals surface area contributed by atoms with Crippen molar-refractivity contribution >= 4 is 10.1 Å². The van der Waals surface area contributed by atoms with Crippen LogP contribution in [0.1, 0.15) is 12.8 Å². The molecule has 0 aliphatic carbocycles. The van der Waals surface area contributed by atoms with Crippen LogP contribution in [0.5, 0.6) is 0 Å². The van der Waals surface area contributed by atoms with Gasteiger partial charge in [0.05, 0.1) is 11.9 Å². The molecule has 4 nitrogen and oxygen atoms in total. The fourth-order valence-corrected chi connectivity index (χ4v) is 2.66. The molecule has 10 heavy (non-hydrogen) atoms.